The molecule has 19 heavy (non-hydrogen) atoms. The van der Waals surface area contributed by atoms with E-state index in [1.165, 1.54) is 22.9 Å². The van der Waals surface area contributed by atoms with Crippen molar-refractivity contribution >= 4 is 23.6 Å². The minimum Gasteiger partial charge on any atom is -0.480 e. The lowest BCUT2D eigenvalue weighted by atomic mass is 10.2. The molecule has 0 aliphatic rings. The number of hydrogen-bond acceptors (Lipinski definition) is 3. The lowest BCUT2D eigenvalue weighted by molar-refractivity contribution is -0.141. The third-order valence-electron chi connectivity index (χ3n) is 2.63. The third kappa shape index (κ3) is 5.79. The van der Waals surface area contributed by atoms with Gasteiger partial charge in [0.05, 0.1) is 5.75 Å². The first-order chi connectivity index (χ1) is 9.02. The highest BCUT2D eigenvalue weighted by atomic mass is 32.2. The second kappa shape index (κ2) is 7.84. The van der Waals surface area contributed by atoms with Gasteiger partial charge in [-0.1, -0.05) is 36.8 Å². The zero-order chi connectivity index (χ0) is 14.3. The fourth-order valence-electron chi connectivity index (χ4n) is 1.64. The van der Waals surface area contributed by atoms with Crippen molar-refractivity contribution in [3.05, 3.63) is 35.4 Å². The van der Waals surface area contributed by atoms with Gasteiger partial charge in [-0.25, -0.2) is 4.79 Å². The Morgan fingerprint density at radius 2 is 2.16 bits per heavy atom. The molecular formula is C14H19NO3S. The molecule has 0 spiro atoms. The van der Waals surface area contributed by atoms with Gasteiger partial charge in [0.25, 0.3) is 0 Å². The number of hydrogen-bond donors (Lipinski definition) is 2. The van der Waals surface area contributed by atoms with Crippen molar-refractivity contribution in [3.8, 4) is 0 Å². The van der Waals surface area contributed by atoms with Crippen molar-refractivity contribution < 1.29 is 14.7 Å². The maximum absolute atomic E-state index is 11.6. The van der Waals surface area contributed by atoms with Gasteiger partial charge in [0.15, 0.2) is 0 Å². The standard InChI is InChI=1S/C14H19NO3S/c1-3-12(14(17)18)15-13(16)9-19-8-11-6-4-5-10(2)7-11/h4-7,12H,3,8-9H2,1-2H3,(H,15,16)(H,17,18)/t12-/m0/s1. The molecule has 104 valence electrons. The Hall–Kier alpha value is -1.49. The number of amides is 1. The van der Waals surface area contributed by atoms with E-state index in [2.05, 4.69) is 11.4 Å². The molecule has 0 unspecified atom stereocenters. The largest absolute Gasteiger partial charge is 0.480 e. The van der Waals surface area contributed by atoms with Crippen molar-refractivity contribution in [2.75, 3.05) is 5.75 Å². The Kier molecular flexibility index (Phi) is 6.42. The van der Waals surface area contributed by atoms with Gasteiger partial charge in [-0.3, -0.25) is 4.79 Å². The van der Waals surface area contributed by atoms with E-state index >= 15 is 0 Å². The molecule has 0 saturated carbocycles. The molecule has 5 heteroatoms. The smallest absolute Gasteiger partial charge is 0.326 e. The molecule has 0 aromatic heterocycles. The molecule has 1 amide bonds. The summed E-state index contributed by atoms with van der Waals surface area (Å²) in [4.78, 5) is 22.4. The number of rotatable bonds is 7. The topological polar surface area (TPSA) is 66.4 Å². The van der Waals surface area contributed by atoms with Crippen LogP contribution in [0.3, 0.4) is 0 Å². The summed E-state index contributed by atoms with van der Waals surface area (Å²) >= 11 is 1.48. The fraction of sp³-hybridized carbons (Fsp3) is 0.429. The fourth-order valence-corrected chi connectivity index (χ4v) is 2.42. The van der Waals surface area contributed by atoms with Gasteiger partial charge in [-0.2, -0.15) is 0 Å². The van der Waals surface area contributed by atoms with Gasteiger partial charge in [0.1, 0.15) is 6.04 Å². The molecule has 0 fully saturated rings. The zero-order valence-corrected chi connectivity index (χ0v) is 12.0. The summed E-state index contributed by atoms with van der Waals surface area (Å²) in [5.74, 6) is -0.192. The Labute approximate surface area is 117 Å². The second-order valence-electron chi connectivity index (χ2n) is 4.35. The van der Waals surface area contributed by atoms with Crippen molar-refractivity contribution in [2.45, 2.75) is 32.1 Å². The SMILES string of the molecule is CC[C@H](NC(=O)CSCc1cccc(C)c1)C(=O)O. The summed E-state index contributed by atoms with van der Waals surface area (Å²) in [5.41, 5.74) is 2.36. The van der Waals surface area contributed by atoms with E-state index < -0.39 is 12.0 Å². The molecule has 0 saturated heterocycles. The average Bonchev–Trinajstić information content (AvgIpc) is 2.35. The summed E-state index contributed by atoms with van der Waals surface area (Å²) in [5, 5.41) is 11.3. The molecule has 0 bridgehead atoms. The van der Waals surface area contributed by atoms with Crippen LogP contribution in [0.4, 0.5) is 0 Å². The number of carbonyl (C=O) groups is 2. The third-order valence-corrected chi connectivity index (χ3v) is 3.63. The molecule has 0 heterocycles. The van der Waals surface area contributed by atoms with Crippen molar-refractivity contribution in [2.24, 2.45) is 0 Å². The molecule has 1 atom stereocenters. The van der Waals surface area contributed by atoms with Crippen LogP contribution in [0.25, 0.3) is 0 Å². The van der Waals surface area contributed by atoms with Crippen LogP contribution in [-0.2, 0) is 15.3 Å². The minimum absolute atomic E-state index is 0.230. The monoisotopic (exact) mass is 281 g/mol. The first kappa shape index (κ1) is 15.6. The van der Waals surface area contributed by atoms with E-state index in [1.807, 2.05) is 25.1 Å². The van der Waals surface area contributed by atoms with Crippen LogP contribution in [0.2, 0.25) is 0 Å². The molecule has 1 aromatic carbocycles. The number of nitrogens with one attached hydrogen (secondary N) is 1. The van der Waals surface area contributed by atoms with Gasteiger partial charge < -0.3 is 10.4 Å². The normalized spacial score (nSPS) is 11.9. The van der Waals surface area contributed by atoms with Crippen LogP contribution in [-0.4, -0.2) is 28.8 Å². The van der Waals surface area contributed by atoms with Crippen molar-refractivity contribution in [3.63, 3.8) is 0 Å². The lowest BCUT2D eigenvalue weighted by Gasteiger charge is -2.11. The van der Waals surface area contributed by atoms with Gasteiger partial charge in [0.2, 0.25) is 5.91 Å². The molecular weight excluding hydrogens is 262 g/mol. The molecule has 1 rings (SSSR count). The quantitative estimate of drug-likeness (QED) is 0.804. The van der Waals surface area contributed by atoms with Crippen LogP contribution in [0.5, 0.6) is 0 Å². The first-order valence-corrected chi connectivity index (χ1v) is 7.34. The van der Waals surface area contributed by atoms with E-state index in [0.717, 1.165) is 5.75 Å². The summed E-state index contributed by atoms with van der Waals surface area (Å²) in [7, 11) is 0. The Bertz CT molecular complexity index is 448. The van der Waals surface area contributed by atoms with E-state index in [4.69, 9.17) is 5.11 Å². The molecule has 2 N–H and O–H groups in total. The van der Waals surface area contributed by atoms with Crippen LogP contribution >= 0.6 is 11.8 Å². The number of carboxylic acids is 1. The Balaban J connectivity index is 2.33. The number of aliphatic carboxylic acids is 1. The predicted molar refractivity (Wildman–Crippen MR) is 77.2 cm³/mol. The molecule has 4 nitrogen and oxygen atoms in total. The molecule has 0 aliphatic carbocycles. The number of thioether (sulfide) groups is 1. The highest BCUT2D eigenvalue weighted by Gasteiger charge is 2.17. The molecule has 0 radical (unpaired) electrons. The van der Waals surface area contributed by atoms with E-state index in [9.17, 15) is 9.59 Å². The Morgan fingerprint density at radius 1 is 1.42 bits per heavy atom. The van der Waals surface area contributed by atoms with Crippen LogP contribution < -0.4 is 5.32 Å². The number of aryl methyl sites for hydroxylation is 1. The molecule has 0 aliphatic heterocycles. The zero-order valence-electron chi connectivity index (χ0n) is 11.2. The predicted octanol–water partition coefficient (Wildman–Crippen LogP) is 2.21. The number of benzene rings is 1. The first-order valence-electron chi connectivity index (χ1n) is 6.18. The van der Waals surface area contributed by atoms with Gasteiger partial charge >= 0.3 is 5.97 Å². The minimum atomic E-state index is -0.987. The number of carboxylic acid groups (broad SMARTS) is 1. The summed E-state index contributed by atoms with van der Waals surface area (Å²) in [6.07, 6.45) is 0.392. The van der Waals surface area contributed by atoms with Crippen molar-refractivity contribution in [1.29, 1.82) is 0 Å². The van der Waals surface area contributed by atoms with Gasteiger partial charge in [0, 0.05) is 5.75 Å². The van der Waals surface area contributed by atoms with Crippen LogP contribution in [0.15, 0.2) is 24.3 Å². The Morgan fingerprint density at radius 3 is 2.74 bits per heavy atom. The average molecular weight is 281 g/mol. The van der Waals surface area contributed by atoms with E-state index in [1.54, 1.807) is 6.92 Å². The number of carbonyl (C=O) groups excluding carboxylic acids is 1. The maximum atomic E-state index is 11.6. The van der Waals surface area contributed by atoms with Crippen LogP contribution in [0.1, 0.15) is 24.5 Å². The lowest BCUT2D eigenvalue weighted by Crippen LogP contribution is -2.41. The van der Waals surface area contributed by atoms with E-state index in [0.29, 0.717) is 6.42 Å². The highest BCUT2D eigenvalue weighted by molar-refractivity contribution is 7.99. The van der Waals surface area contributed by atoms with Crippen molar-refractivity contribution in [1.82, 2.24) is 5.32 Å². The second-order valence-corrected chi connectivity index (χ2v) is 5.33. The maximum Gasteiger partial charge on any atom is 0.326 e. The van der Waals surface area contributed by atoms with E-state index in [-0.39, 0.29) is 11.7 Å². The van der Waals surface area contributed by atoms with Gasteiger partial charge in [-0.15, -0.1) is 11.8 Å². The summed E-state index contributed by atoms with van der Waals surface area (Å²) < 4.78 is 0. The molecule has 1 aromatic rings. The summed E-state index contributed by atoms with van der Waals surface area (Å²) in [6, 6.07) is 7.33. The highest BCUT2D eigenvalue weighted by Crippen LogP contribution is 2.13. The van der Waals surface area contributed by atoms with Gasteiger partial charge in [-0.05, 0) is 18.9 Å². The summed E-state index contributed by atoms with van der Waals surface area (Å²) in [6.45, 7) is 3.76. The van der Waals surface area contributed by atoms with Crippen LogP contribution in [0, 0.1) is 6.92 Å².